The summed E-state index contributed by atoms with van der Waals surface area (Å²) in [7, 11) is 0.384. The Labute approximate surface area is 230 Å². The van der Waals surface area contributed by atoms with Gasteiger partial charge in [-0.1, -0.05) is 42.0 Å². The van der Waals surface area contributed by atoms with Crippen LogP contribution in [0.4, 0.5) is 17.5 Å². The van der Waals surface area contributed by atoms with Gasteiger partial charge in [-0.05, 0) is 74.6 Å². The Balaban J connectivity index is 1.14. The monoisotopic (exact) mass is 544 g/mol. The summed E-state index contributed by atoms with van der Waals surface area (Å²) in [5.41, 5.74) is 3.57. The van der Waals surface area contributed by atoms with Crippen molar-refractivity contribution in [2.24, 2.45) is 0 Å². The number of sulfonamides is 1. The van der Waals surface area contributed by atoms with Crippen molar-refractivity contribution in [3.63, 3.8) is 0 Å². The number of benzene rings is 3. The molecule has 5 rings (SSSR count). The highest BCUT2D eigenvalue weighted by molar-refractivity contribution is 7.92. The molecule has 204 valence electrons. The highest BCUT2D eigenvalue weighted by Gasteiger charge is 2.22. The van der Waals surface area contributed by atoms with Crippen molar-refractivity contribution in [3.05, 3.63) is 83.9 Å². The van der Waals surface area contributed by atoms with Gasteiger partial charge in [-0.3, -0.25) is 4.72 Å². The van der Waals surface area contributed by atoms with Gasteiger partial charge >= 0.3 is 0 Å². The zero-order valence-electron chi connectivity index (χ0n) is 22.7. The van der Waals surface area contributed by atoms with Crippen molar-refractivity contribution >= 4 is 38.4 Å². The van der Waals surface area contributed by atoms with Crippen LogP contribution in [0.25, 0.3) is 10.9 Å². The Bertz CT molecular complexity index is 1530. The number of hydrogen-bond acceptors (Lipinski definition) is 7. The molecule has 3 N–H and O–H groups in total. The molecule has 9 heteroatoms. The lowest BCUT2D eigenvalue weighted by Gasteiger charge is -2.30. The number of hydrogen-bond donors (Lipinski definition) is 3. The van der Waals surface area contributed by atoms with E-state index in [1.54, 1.807) is 30.3 Å². The van der Waals surface area contributed by atoms with Crippen molar-refractivity contribution in [1.29, 1.82) is 0 Å². The number of fused-ring (bicyclic) bond motifs is 1. The summed E-state index contributed by atoms with van der Waals surface area (Å²) in [5.74, 6) is 1.60. The summed E-state index contributed by atoms with van der Waals surface area (Å²) in [4.78, 5) is 11.8. The molecule has 0 amide bonds. The highest BCUT2D eigenvalue weighted by atomic mass is 32.2. The summed E-state index contributed by atoms with van der Waals surface area (Å²) in [6.07, 6.45) is 4.15. The van der Waals surface area contributed by atoms with Crippen LogP contribution < -0.4 is 20.3 Å². The van der Waals surface area contributed by atoms with E-state index in [9.17, 15) is 8.42 Å². The van der Waals surface area contributed by atoms with Crippen LogP contribution in [0.3, 0.4) is 0 Å². The molecular weight excluding hydrogens is 508 g/mol. The van der Waals surface area contributed by atoms with Gasteiger partial charge in [-0.15, -0.1) is 0 Å². The number of rotatable bonds is 9. The summed E-state index contributed by atoms with van der Waals surface area (Å²) >= 11 is 0. The second kappa shape index (κ2) is 11.6. The van der Waals surface area contributed by atoms with Crippen LogP contribution in [0, 0.1) is 6.92 Å². The van der Waals surface area contributed by atoms with Gasteiger partial charge in [0.2, 0.25) is 5.95 Å². The van der Waals surface area contributed by atoms with Crippen LogP contribution in [-0.4, -0.2) is 44.6 Å². The van der Waals surface area contributed by atoms with Gasteiger partial charge in [0.15, 0.2) is 0 Å². The fraction of sp³-hybridized carbons (Fsp3) is 0.333. The van der Waals surface area contributed by atoms with Gasteiger partial charge in [-0.25, -0.2) is 13.4 Å². The second-order valence-electron chi connectivity index (χ2n) is 10.5. The van der Waals surface area contributed by atoms with Crippen molar-refractivity contribution < 1.29 is 8.42 Å². The van der Waals surface area contributed by atoms with E-state index in [0.717, 1.165) is 53.5 Å². The maximum absolute atomic E-state index is 12.8. The molecule has 0 radical (unpaired) electrons. The van der Waals surface area contributed by atoms with Gasteiger partial charge in [0.1, 0.15) is 5.82 Å². The van der Waals surface area contributed by atoms with Crippen molar-refractivity contribution in [3.8, 4) is 0 Å². The third kappa shape index (κ3) is 6.66. The van der Waals surface area contributed by atoms with Crippen LogP contribution in [0.2, 0.25) is 0 Å². The maximum Gasteiger partial charge on any atom is 0.261 e. The van der Waals surface area contributed by atoms with Gasteiger partial charge in [0.05, 0.1) is 10.4 Å². The molecule has 3 aromatic carbocycles. The van der Waals surface area contributed by atoms with E-state index in [1.165, 1.54) is 0 Å². The number of nitrogens with one attached hydrogen (secondary N) is 3. The minimum Gasteiger partial charge on any atom is -0.362 e. The number of aryl methyl sites for hydroxylation is 1. The minimum absolute atomic E-state index is 0.258. The molecular formula is C30H36N6O2S. The van der Waals surface area contributed by atoms with Gasteiger partial charge in [0.25, 0.3) is 10.0 Å². The molecule has 0 unspecified atom stereocenters. The first kappa shape index (κ1) is 26.9. The van der Waals surface area contributed by atoms with E-state index in [1.807, 2.05) is 62.3 Å². The van der Waals surface area contributed by atoms with E-state index in [0.29, 0.717) is 30.3 Å². The molecule has 1 heterocycles. The summed E-state index contributed by atoms with van der Waals surface area (Å²) in [6, 6.07) is 23.3. The molecule has 0 bridgehead atoms. The zero-order chi connectivity index (χ0) is 27.4. The Morgan fingerprint density at radius 2 is 1.59 bits per heavy atom. The summed E-state index contributed by atoms with van der Waals surface area (Å²) in [5, 5.41) is 8.27. The average Bonchev–Trinajstić information content (AvgIpc) is 2.92. The third-order valence-electron chi connectivity index (χ3n) is 7.17. The van der Waals surface area contributed by atoms with Crippen molar-refractivity contribution in [1.82, 2.24) is 15.3 Å². The molecule has 1 aliphatic rings. The van der Waals surface area contributed by atoms with E-state index in [2.05, 4.69) is 21.4 Å². The number of aromatic nitrogens is 2. The molecule has 0 atom stereocenters. The molecule has 0 aliphatic heterocycles. The smallest absolute Gasteiger partial charge is 0.261 e. The SMILES string of the molecule is Cc1ccc(S(=O)(=O)Nc2cccc(CNC3CCC(Nc4nc(N(C)C)c5ccccc5n4)CC3)c2)cc1. The van der Waals surface area contributed by atoms with E-state index < -0.39 is 10.0 Å². The minimum atomic E-state index is -3.62. The summed E-state index contributed by atoms with van der Waals surface area (Å²) in [6.45, 7) is 2.62. The van der Waals surface area contributed by atoms with Crippen LogP contribution in [0.15, 0.2) is 77.7 Å². The fourth-order valence-corrected chi connectivity index (χ4v) is 6.08. The molecule has 1 aromatic heterocycles. The number of anilines is 3. The first-order chi connectivity index (χ1) is 18.8. The van der Waals surface area contributed by atoms with E-state index in [-0.39, 0.29) is 4.90 Å². The normalized spacial score (nSPS) is 17.6. The van der Waals surface area contributed by atoms with Crippen LogP contribution in [-0.2, 0) is 16.6 Å². The lowest BCUT2D eigenvalue weighted by Crippen LogP contribution is -2.37. The van der Waals surface area contributed by atoms with Gasteiger partial charge in [-0.2, -0.15) is 4.98 Å². The molecule has 0 saturated heterocycles. The summed E-state index contributed by atoms with van der Waals surface area (Å²) < 4.78 is 28.2. The molecule has 1 aliphatic carbocycles. The zero-order valence-corrected chi connectivity index (χ0v) is 23.5. The molecule has 1 saturated carbocycles. The Kier molecular flexibility index (Phi) is 7.99. The van der Waals surface area contributed by atoms with E-state index >= 15 is 0 Å². The highest BCUT2D eigenvalue weighted by Crippen LogP contribution is 2.27. The standard InChI is InChI=1S/C30H36N6O2S/c1-21-11-17-26(18-12-21)39(37,38)35-25-8-6-7-22(19-25)20-31-23-13-15-24(16-14-23)32-30-33-28-10-5-4-9-27(28)29(34-30)36(2)3/h4-12,17-19,23-24,31,35H,13-16,20H2,1-3H3,(H,32,33,34). The number of nitrogens with zero attached hydrogens (tertiary/aromatic N) is 3. The largest absolute Gasteiger partial charge is 0.362 e. The molecule has 8 nitrogen and oxygen atoms in total. The van der Waals surface area contributed by atoms with Crippen molar-refractivity contribution in [2.75, 3.05) is 29.0 Å². The lowest BCUT2D eigenvalue weighted by atomic mass is 9.91. The Morgan fingerprint density at radius 1 is 0.872 bits per heavy atom. The van der Waals surface area contributed by atoms with Crippen LogP contribution >= 0.6 is 0 Å². The van der Waals surface area contributed by atoms with E-state index in [4.69, 9.17) is 9.97 Å². The molecule has 39 heavy (non-hydrogen) atoms. The molecule has 4 aromatic rings. The van der Waals surface area contributed by atoms with Crippen LogP contribution in [0.5, 0.6) is 0 Å². The quantitative estimate of drug-likeness (QED) is 0.262. The predicted molar refractivity (Wildman–Crippen MR) is 159 cm³/mol. The topological polar surface area (TPSA) is 99.2 Å². The maximum atomic E-state index is 12.8. The third-order valence-corrected chi connectivity index (χ3v) is 8.57. The van der Waals surface area contributed by atoms with Gasteiger partial charge < -0.3 is 15.5 Å². The first-order valence-corrected chi connectivity index (χ1v) is 14.9. The molecule has 0 spiro atoms. The first-order valence-electron chi connectivity index (χ1n) is 13.4. The van der Waals surface area contributed by atoms with Crippen molar-refractivity contribution in [2.45, 2.75) is 56.1 Å². The Morgan fingerprint density at radius 3 is 2.33 bits per heavy atom. The van der Waals surface area contributed by atoms with Crippen LogP contribution in [0.1, 0.15) is 36.8 Å². The average molecular weight is 545 g/mol. The molecule has 1 fully saturated rings. The number of para-hydroxylation sites is 1. The lowest BCUT2D eigenvalue weighted by molar-refractivity contribution is 0.352. The predicted octanol–water partition coefficient (Wildman–Crippen LogP) is 5.32. The fourth-order valence-electron chi connectivity index (χ4n) is 5.03. The second-order valence-corrected chi connectivity index (χ2v) is 12.2. The van der Waals surface area contributed by atoms with Gasteiger partial charge in [0, 0.05) is 43.8 Å². The Hall–Kier alpha value is -3.69.